The molecule has 0 bridgehead atoms. The summed E-state index contributed by atoms with van der Waals surface area (Å²) in [5, 5.41) is 9.03. The second-order valence-electron chi connectivity index (χ2n) is 5.42. The highest BCUT2D eigenvalue weighted by Crippen LogP contribution is 2.15. The fraction of sp³-hybridized carbons (Fsp3) is 0.188. The molecule has 3 aromatic rings. The Kier molecular flexibility index (Phi) is 5.12. The summed E-state index contributed by atoms with van der Waals surface area (Å²) in [6.07, 6.45) is 0. The number of para-hydroxylation sites is 1. The fourth-order valence-corrected chi connectivity index (χ4v) is 2.84. The minimum absolute atomic E-state index is 0.00982. The molecule has 0 radical (unpaired) electrons. The van der Waals surface area contributed by atoms with Crippen LogP contribution >= 0.6 is 11.8 Å². The van der Waals surface area contributed by atoms with Gasteiger partial charge in [-0.05, 0) is 32.0 Å². The molecule has 2 heterocycles. The molecule has 0 saturated carbocycles. The van der Waals surface area contributed by atoms with Crippen LogP contribution in [0, 0.1) is 19.7 Å². The van der Waals surface area contributed by atoms with Gasteiger partial charge in [-0.25, -0.2) is 18.7 Å². The first kappa shape index (κ1) is 17.8. The Hall–Kier alpha value is -3.01. The summed E-state index contributed by atoms with van der Waals surface area (Å²) in [5.41, 5.74) is 1.69. The van der Waals surface area contributed by atoms with Gasteiger partial charge in [-0.15, -0.1) is 5.10 Å². The number of aryl methyl sites for hydroxylation is 2. The van der Waals surface area contributed by atoms with Gasteiger partial charge in [-0.2, -0.15) is 4.98 Å². The third kappa shape index (κ3) is 4.14. The lowest BCUT2D eigenvalue weighted by atomic mass is 10.3. The predicted molar refractivity (Wildman–Crippen MR) is 94.5 cm³/mol. The van der Waals surface area contributed by atoms with Crippen molar-refractivity contribution in [2.45, 2.75) is 19.0 Å². The first-order chi connectivity index (χ1) is 12.4. The Morgan fingerprint density at radius 3 is 2.77 bits per heavy atom. The number of fused-ring (bicyclic) bond motifs is 1. The number of carbonyl (C=O) groups excluding carboxylic acids is 2. The van der Waals surface area contributed by atoms with Crippen LogP contribution in [-0.4, -0.2) is 37.3 Å². The molecule has 1 aromatic carbocycles. The van der Waals surface area contributed by atoms with Gasteiger partial charge in [0.25, 0.3) is 5.78 Å². The number of benzene rings is 1. The largest absolute Gasteiger partial charge is 0.325 e. The van der Waals surface area contributed by atoms with E-state index in [-0.39, 0.29) is 11.4 Å². The number of amides is 3. The van der Waals surface area contributed by atoms with Crippen molar-refractivity contribution in [2.24, 2.45) is 0 Å². The van der Waals surface area contributed by atoms with Crippen LogP contribution in [-0.2, 0) is 4.79 Å². The van der Waals surface area contributed by atoms with Crippen molar-refractivity contribution in [3.63, 3.8) is 0 Å². The second-order valence-corrected chi connectivity index (χ2v) is 6.36. The molecule has 3 rings (SSSR count). The molecular formula is C16H15FN6O2S. The predicted octanol–water partition coefficient (Wildman–Crippen LogP) is 2.32. The highest BCUT2D eigenvalue weighted by atomic mass is 32.2. The van der Waals surface area contributed by atoms with Gasteiger partial charge >= 0.3 is 6.03 Å². The van der Waals surface area contributed by atoms with Crippen LogP contribution in [0.2, 0.25) is 0 Å². The Labute approximate surface area is 152 Å². The van der Waals surface area contributed by atoms with E-state index in [1.165, 1.54) is 18.2 Å². The van der Waals surface area contributed by atoms with Gasteiger partial charge in [0.2, 0.25) is 11.1 Å². The average Bonchev–Trinajstić information content (AvgIpc) is 2.98. The molecule has 0 atom stereocenters. The van der Waals surface area contributed by atoms with Crippen LogP contribution in [0.25, 0.3) is 5.78 Å². The number of thioether (sulfide) groups is 1. The van der Waals surface area contributed by atoms with Gasteiger partial charge < -0.3 is 5.32 Å². The summed E-state index contributed by atoms with van der Waals surface area (Å²) in [7, 11) is 0. The number of rotatable bonds is 4. The first-order valence-corrected chi connectivity index (χ1v) is 8.60. The summed E-state index contributed by atoms with van der Waals surface area (Å²) in [4.78, 5) is 32.1. The summed E-state index contributed by atoms with van der Waals surface area (Å²) >= 11 is 1.07. The maximum atomic E-state index is 13.5. The van der Waals surface area contributed by atoms with Crippen molar-refractivity contribution in [2.75, 3.05) is 11.1 Å². The molecule has 2 aromatic heterocycles. The highest BCUT2D eigenvalue weighted by Gasteiger charge is 2.13. The van der Waals surface area contributed by atoms with Crippen LogP contribution in [0.15, 0.2) is 35.5 Å². The highest BCUT2D eigenvalue weighted by molar-refractivity contribution is 7.99. The van der Waals surface area contributed by atoms with E-state index in [2.05, 4.69) is 25.7 Å². The zero-order chi connectivity index (χ0) is 18.7. The van der Waals surface area contributed by atoms with Gasteiger partial charge in [0.15, 0.2) is 0 Å². The third-order valence-electron chi connectivity index (χ3n) is 3.31. The van der Waals surface area contributed by atoms with E-state index in [1.807, 2.05) is 19.9 Å². The smallest absolute Gasteiger partial charge is 0.305 e. The van der Waals surface area contributed by atoms with Gasteiger partial charge in [0.1, 0.15) is 5.82 Å². The van der Waals surface area contributed by atoms with E-state index in [0.29, 0.717) is 10.9 Å². The molecular weight excluding hydrogens is 359 g/mol. The van der Waals surface area contributed by atoms with Crippen LogP contribution in [0.3, 0.4) is 0 Å². The summed E-state index contributed by atoms with van der Waals surface area (Å²) < 4.78 is 15.0. The van der Waals surface area contributed by atoms with Crippen molar-refractivity contribution >= 4 is 35.2 Å². The monoisotopic (exact) mass is 374 g/mol. The van der Waals surface area contributed by atoms with Gasteiger partial charge in [0, 0.05) is 11.4 Å². The Bertz CT molecular complexity index is 990. The number of nitrogens with zero attached hydrogens (tertiary/aromatic N) is 4. The molecule has 10 heteroatoms. The molecule has 2 N–H and O–H groups in total. The Morgan fingerprint density at radius 2 is 2.00 bits per heavy atom. The lowest BCUT2D eigenvalue weighted by molar-refractivity contribution is -0.117. The quantitative estimate of drug-likeness (QED) is 0.680. The van der Waals surface area contributed by atoms with Crippen molar-refractivity contribution in [3.05, 3.63) is 47.5 Å². The minimum atomic E-state index is -0.809. The van der Waals surface area contributed by atoms with E-state index in [0.717, 1.165) is 23.1 Å². The number of hydrogen-bond acceptors (Lipinski definition) is 6. The number of aromatic nitrogens is 4. The van der Waals surface area contributed by atoms with Crippen molar-refractivity contribution in [3.8, 4) is 0 Å². The number of nitrogens with one attached hydrogen (secondary N) is 2. The summed E-state index contributed by atoms with van der Waals surface area (Å²) in [6, 6.07) is 6.74. The van der Waals surface area contributed by atoms with Crippen molar-refractivity contribution in [1.29, 1.82) is 0 Å². The normalized spacial score (nSPS) is 10.7. The van der Waals surface area contributed by atoms with E-state index < -0.39 is 17.8 Å². The number of halogens is 1. The lowest BCUT2D eigenvalue weighted by Gasteiger charge is -2.06. The summed E-state index contributed by atoms with van der Waals surface area (Å²) in [6.45, 7) is 3.74. The molecule has 0 saturated heterocycles. The first-order valence-electron chi connectivity index (χ1n) is 7.61. The van der Waals surface area contributed by atoms with Gasteiger partial charge in [-0.3, -0.25) is 10.1 Å². The number of hydrogen-bond donors (Lipinski definition) is 2. The molecule has 0 fully saturated rings. The van der Waals surface area contributed by atoms with E-state index >= 15 is 0 Å². The molecule has 134 valence electrons. The molecule has 26 heavy (non-hydrogen) atoms. The Balaban J connectivity index is 1.56. The SMILES string of the molecule is Cc1cc(C)n2nc(SCC(=O)NC(=O)Nc3ccccc3F)nc2n1. The summed E-state index contributed by atoms with van der Waals surface area (Å²) in [5.74, 6) is -0.762. The minimum Gasteiger partial charge on any atom is -0.305 e. The van der Waals surface area contributed by atoms with Crippen molar-refractivity contribution < 1.29 is 14.0 Å². The van der Waals surface area contributed by atoms with E-state index in [4.69, 9.17) is 0 Å². The molecule has 3 amide bonds. The molecule has 8 nitrogen and oxygen atoms in total. The number of imide groups is 1. The van der Waals surface area contributed by atoms with Gasteiger partial charge in [0.05, 0.1) is 11.4 Å². The fourth-order valence-electron chi connectivity index (χ4n) is 2.22. The zero-order valence-electron chi connectivity index (χ0n) is 14.0. The maximum absolute atomic E-state index is 13.5. The van der Waals surface area contributed by atoms with Gasteiger partial charge in [-0.1, -0.05) is 23.9 Å². The lowest BCUT2D eigenvalue weighted by Crippen LogP contribution is -2.35. The molecule has 0 aliphatic heterocycles. The van der Waals surface area contributed by atoms with Crippen LogP contribution in [0.4, 0.5) is 14.9 Å². The maximum Gasteiger partial charge on any atom is 0.325 e. The zero-order valence-corrected chi connectivity index (χ0v) is 14.8. The number of urea groups is 1. The second kappa shape index (κ2) is 7.48. The number of anilines is 1. The van der Waals surface area contributed by atoms with Crippen molar-refractivity contribution in [1.82, 2.24) is 24.9 Å². The molecule has 0 spiro atoms. The topological polar surface area (TPSA) is 101 Å². The molecule has 0 aliphatic rings. The average molecular weight is 374 g/mol. The number of carbonyl (C=O) groups is 2. The standard InChI is InChI=1S/C16H15FN6O2S/c1-9-7-10(2)23-14(18-9)21-16(22-23)26-8-13(24)20-15(25)19-12-6-4-3-5-11(12)17/h3-7H,8H2,1-2H3,(H2,19,20,24,25). The van der Waals surface area contributed by atoms with E-state index in [1.54, 1.807) is 10.6 Å². The molecule has 0 unspecified atom stereocenters. The molecule has 0 aliphatic carbocycles. The van der Waals surface area contributed by atoms with Crippen LogP contribution in [0.1, 0.15) is 11.4 Å². The van der Waals surface area contributed by atoms with Crippen LogP contribution in [0.5, 0.6) is 0 Å². The third-order valence-corrected chi connectivity index (χ3v) is 4.14. The van der Waals surface area contributed by atoms with Crippen LogP contribution < -0.4 is 10.6 Å². The van der Waals surface area contributed by atoms with E-state index in [9.17, 15) is 14.0 Å². The Morgan fingerprint density at radius 1 is 1.23 bits per heavy atom.